The van der Waals surface area contributed by atoms with Gasteiger partial charge in [0.1, 0.15) is 0 Å². The van der Waals surface area contributed by atoms with E-state index in [1.54, 1.807) is 0 Å². The predicted molar refractivity (Wildman–Crippen MR) is 42.7 cm³/mol. The standard InChI is InChI=1S/C7H11NO4S/c9-13(10)11-7(12-13)5-6-1-3-8(7)4-2-6/h6H,1-5H2. The predicted octanol–water partition coefficient (Wildman–Crippen LogP) is 0.0475. The molecular weight excluding hydrogens is 194 g/mol. The highest BCUT2D eigenvalue weighted by molar-refractivity contribution is 7.82. The summed E-state index contributed by atoms with van der Waals surface area (Å²) in [5.74, 6) is -0.333. The number of rotatable bonds is 0. The molecule has 0 aromatic rings. The van der Waals surface area contributed by atoms with Gasteiger partial charge in [-0.25, -0.2) is 0 Å². The molecule has 0 radical (unpaired) electrons. The van der Waals surface area contributed by atoms with Crippen LogP contribution in [0.25, 0.3) is 0 Å². The molecule has 0 aromatic heterocycles. The van der Waals surface area contributed by atoms with Gasteiger partial charge in [-0.05, 0) is 18.8 Å². The summed E-state index contributed by atoms with van der Waals surface area (Å²) in [5.41, 5.74) is 0. The SMILES string of the molecule is O=S1(=O)OC2(CC3CCN2CC3)O1. The summed E-state index contributed by atoms with van der Waals surface area (Å²) in [7, 11) is -3.65. The summed E-state index contributed by atoms with van der Waals surface area (Å²) >= 11 is 0. The lowest BCUT2D eigenvalue weighted by Crippen LogP contribution is -2.68. The first-order valence-electron chi connectivity index (χ1n) is 4.51. The molecule has 6 heteroatoms. The molecule has 0 aromatic carbocycles. The van der Waals surface area contributed by atoms with Crippen LogP contribution in [0.1, 0.15) is 19.3 Å². The lowest BCUT2D eigenvalue weighted by atomic mass is 9.86. The molecule has 4 rings (SSSR count). The lowest BCUT2D eigenvalue weighted by molar-refractivity contribution is -0.317. The van der Waals surface area contributed by atoms with Gasteiger partial charge in [0.15, 0.2) is 0 Å². The summed E-state index contributed by atoms with van der Waals surface area (Å²) in [6.45, 7) is 1.78. The second-order valence-corrected chi connectivity index (χ2v) is 5.07. The van der Waals surface area contributed by atoms with Crippen molar-refractivity contribution in [2.24, 2.45) is 5.92 Å². The van der Waals surface area contributed by atoms with Crippen LogP contribution >= 0.6 is 0 Å². The maximum absolute atomic E-state index is 10.8. The molecule has 74 valence electrons. The van der Waals surface area contributed by atoms with Gasteiger partial charge in [0, 0.05) is 19.5 Å². The van der Waals surface area contributed by atoms with E-state index in [0.717, 1.165) is 25.9 Å². The fourth-order valence-electron chi connectivity index (χ4n) is 2.47. The Labute approximate surface area is 76.9 Å². The van der Waals surface area contributed by atoms with Crippen LogP contribution in [0.4, 0.5) is 0 Å². The number of piperidine rings is 3. The molecule has 0 aliphatic carbocycles. The molecule has 1 spiro atoms. The minimum atomic E-state index is -3.65. The Bertz CT molecular complexity index is 318. The zero-order valence-electron chi connectivity index (χ0n) is 7.10. The molecule has 13 heavy (non-hydrogen) atoms. The number of fused-ring (bicyclic) bond motifs is 2. The van der Waals surface area contributed by atoms with Crippen molar-refractivity contribution in [2.45, 2.75) is 25.2 Å². The molecule has 4 aliphatic heterocycles. The van der Waals surface area contributed by atoms with Gasteiger partial charge in [0.05, 0.1) is 0 Å². The van der Waals surface area contributed by atoms with Crippen molar-refractivity contribution >= 4 is 10.4 Å². The van der Waals surface area contributed by atoms with E-state index in [1.807, 2.05) is 4.90 Å². The fraction of sp³-hybridized carbons (Fsp3) is 1.00. The molecule has 2 bridgehead atoms. The third-order valence-corrected chi connectivity index (χ3v) is 4.04. The molecule has 4 heterocycles. The van der Waals surface area contributed by atoms with E-state index in [2.05, 4.69) is 0 Å². The first-order chi connectivity index (χ1) is 6.10. The number of hydrogen-bond donors (Lipinski definition) is 0. The van der Waals surface area contributed by atoms with Gasteiger partial charge in [-0.3, -0.25) is 4.90 Å². The number of nitrogens with zero attached hydrogens (tertiary/aromatic N) is 1. The molecule has 5 nitrogen and oxygen atoms in total. The summed E-state index contributed by atoms with van der Waals surface area (Å²) in [4.78, 5) is 1.98. The summed E-state index contributed by atoms with van der Waals surface area (Å²) < 4.78 is 31.3. The molecule has 0 unspecified atom stereocenters. The van der Waals surface area contributed by atoms with Crippen LogP contribution in [0.15, 0.2) is 0 Å². The van der Waals surface area contributed by atoms with Crippen molar-refractivity contribution in [1.82, 2.24) is 4.90 Å². The largest absolute Gasteiger partial charge is 0.407 e. The van der Waals surface area contributed by atoms with Crippen molar-refractivity contribution in [3.8, 4) is 0 Å². The van der Waals surface area contributed by atoms with Crippen molar-refractivity contribution in [3.05, 3.63) is 0 Å². The second-order valence-electron chi connectivity index (χ2n) is 3.92. The molecule has 0 atom stereocenters. The maximum atomic E-state index is 10.8. The first kappa shape index (κ1) is 8.16. The summed E-state index contributed by atoms with van der Waals surface area (Å²) in [5, 5.41) is 0. The second kappa shape index (κ2) is 2.25. The van der Waals surface area contributed by atoms with Gasteiger partial charge in [0.2, 0.25) is 0 Å². The highest BCUT2D eigenvalue weighted by Crippen LogP contribution is 2.47. The Kier molecular flexibility index (Phi) is 1.41. The van der Waals surface area contributed by atoms with Gasteiger partial charge in [-0.15, -0.1) is 0 Å². The van der Waals surface area contributed by atoms with Crippen molar-refractivity contribution in [1.29, 1.82) is 0 Å². The third kappa shape index (κ3) is 1.06. The highest BCUT2D eigenvalue weighted by atomic mass is 32.3. The topological polar surface area (TPSA) is 55.8 Å². The van der Waals surface area contributed by atoms with Crippen LogP contribution in [0.5, 0.6) is 0 Å². The molecular formula is C7H11NO4S. The average Bonchev–Trinajstić information content (AvgIpc) is 2.02. The summed E-state index contributed by atoms with van der Waals surface area (Å²) in [6.07, 6.45) is 2.97. The fourth-order valence-corrected chi connectivity index (χ4v) is 3.47. The van der Waals surface area contributed by atoms with E-state index >= 15 is 0 Å². The molecule has 0 N–H and O–H groups in total. The van der Waals surface area contributed by atoms with Crippen molar-refractivity contribution in [2.75, 3.05) is 13.1 Å². The minimum Gasteiger partial charge on any atom is -0.250 e. The molecule has 0 saturated carbocycles. The first-order valence-corrected chi connectivity index (χ1v) is 5.84. The van der Waals surface area contributed by atoms with E-state index < -0.39 is 16.3 Å². The lowest BCUT2D eigenvalue weighted by Gasteiger charge is -2.54. The van der Waals surface area contributed by atoms with Crippen LogP contribution in [-0.4, -0.2) is 32.3 Å². The molecule has 4 fully saturated rings. The van der Waals surface area contributed by atoms with E-state index in [1.165, 1.54) is 0 Å². The van der Waals surface area contributed by atoms with Gasteiger partial charge in [-0.2, -0.15) is 16.8 Å². The van der Waals surface area contributed by atoms with E-state index in [-0.39, 0.29) is 0 Å². The van der Waals surface area contributed by atoms with Crippen LogP contribution in [-0.2, 0) is 18.8 Å². The van der Waals surface area contributed by atoms with Crippen LogP contribution in [0.3, 0.4) is 0 Å². The Morgan fingerprint density at radius 2 is 1.85 bits per heavy atom. The van der Waals surface area contributed by atoms with E-state index in [0.29, 0.717) is 12.3 Å². The van der Waals surface area contributed by atoms with Gasteiger partial charge in [0.25, 0.3) is 5.91 Å². The van der Waals surface area contributed by atoms with E-state index in [9.17, 15) is 8.42 Å². The molecule has 0 amide bonds. The van der Waals surface area contributed by atoms with Crippen LogP contribution in [0.2, 0.25) is 0 Å². The Morgan fingerprint density at radius 1 is 1.23 bits per heavy atom. The normalized spacial score (nSPS) is 44.6. The zero-order valence-corrected chi connectivity index (χ0v) is 7.92. The van der Waals surface area contributed by atoms with Crippen molar-refractivity contribution < 1.29 is 16.8 Å². The van der Waals surface area contributed by atoms with Crippen LogP contribution < -0.4 is 0 Å². The number of hydrogen-bond acceptors (Lipinski definition) is 5. The third-order valence-electron chi connectivity index (χ3n) is 3.11. The minimum absolute atomic E-state index is 0.570. The van der Waals surface area contributed by atoms with E-state index in [4.69, 9.17) is 8.37 Å². The van der Waals surface area contributed by atoms with Crippen molar-refractivity contribution in [3.63, 3.8) is 0 Å². The van der Waals surface area contributed by atoms with Crippen LogP contribution in [0, 0.1) is 5.92 Å². The Hall–Kier alpha value is -0.170. The average molecular weight is 205 g/mol. The maximum Gasteiger partial charge on any atom is 0.407 e. The molecule has 4 saturated heterocycles. The summed E-state index contributed by atoms with van der Waals surface area (Å²) in [6, 6.07) is 0. The van der Waals surface area contributed by atoms with Gasteiger partial charge < -0.3 is 0 Å². The Balaban J connectivity index is 1.87. The quantitative estimate of drug-likeness (QED) is 0.559. The van der Waals surface area contributed by atoms with Gasteiger partial charge >= 0.3 is 10.4 Å². The molecule has 4 aliphatic rings. The highest BCUT2D eigenvalue weighted by Gasteiger charge is 2.60. The smallest absolute Gasteiger partial charge is 0.250 e. The monoisotopic (exact) mass is 205 g/mol. The Morgan fingerprint density at radius 3 is 2.23 bits per heavy atom. The zero-order chi connectivity index (χ0) is 9.10. The van der Waals surface area contributed by atoms with Gasteiger partial charge in [-0.1, -0.05) is 0 Å².